The Kier molecular flexibility index (Phi) is 3.72. The van der Waals surface area contributed by atoms with Crippen LogP contribution in [0, 0.1) is 0 Å². The van der Waals surface area contributed by atoms with Crippen molar-refractivity contribution in [2.24, 2.45) is 0 Å². The van der Waals surface area contributed by atoms with Crippen LogP contribution in [0.3, 0.4) is 0 Å². The summed E-state index contributed by atoms with van der Waals surface area (Å²) >= 11 is 3.63. The van der Waals surface area contributed by atoms with Gasteiger partial charge in [0.15, 0.2) is 0 Å². The molecule has 2 aromatic rings. The molecule has 3 rings (SSSR count). The molecule has 4 nitrogen and oxygen atoms in total. The molecule has 0 radical (unpaired) electrons. The number of benzene rings is 1. The first-order valence-corrected chi connectivity index (χ1v) is 7.39. The Hall–Kier alpha value is -1.46. The van der Waals surface area contributed by atoms with Crippen LogP contribution in [0.1, 0.15) is 24.1 Å². The SMILES string of the molecule is COc1ccc(CNC2(c3ccccc3Br)CC2)nn1. The minimum atomic E-state index is 0.0850. The molecule has 1 heterocycles. The third-order valence-electron chi connectivity index (χ3n) is 3.65. The van der Waals surface area contributed by atoms with E-state index in [1.807, 2.05) is 18.2 Å². The molecular formula is C15H16BrN3O. The van der Waals surface area contributed by atoms with Gasteiger partial charge >= 0.3 is 0 Å². The average Bonchev–Trinajstić information content (AvgIpc) is 3.27. The van der Waals surface area contributed by atoms with E-state index in [4.69, 9.17) is 4.74 Å². The first-order chi connectivity index (χ1) is 9.73. The largest absolute Gasteiger partial charge is 0.480 e. The number of hydrogen-bond acceptors (Lipinski definition) is 4. The van der Waals surface area contributed by atoms with Crippen LogP contribution in [-0.4, -0.2) is 17.3 Å². The molecule has 1 aliphatic carbocycles. The van der Waals surface area contributed by atoms with E-state index in [1.165, 1.54) is 5.56 Å². The summed E-state index contributed by atoms with van der Waals surface area (Å²) in [4.78, 5) is 0. The van der Waals surface area contributed by atoms with Crippen molar-refractivity contribution >= 4 is 15.9 Å². The van der Waals surface area contributed by atoms with Gasteiger partial charge < -0.3 is 10.1 Å². The molecule has 1 aliphatic rings. The monoisotopic (exact) mass is 333 g/mol. The summed E-state index contributed by atoms with van der Waals surface area (Å²) < 4.78 is 6.17. The Morgan fingerprint density at radius 3 is 2.60 bits per heavy atom. The standard InChI is InChI=1S/C15H16BrN3O/c1-20-14-7-6-11(18-19-14)10-17-15(8-9-15)12-4-2-3-5-13(12)16/h2-7,17H,8-10H2,1H3. The second-order valence-corrected chi connectivity index (χ2v) is 5.84. The molecule has 1 fully saturated rings. The Balaban J connectivity index is 1.70. The summed E-state index contributed by atoms with van der Waals surface area (Å²) in [6, 6.07) is 12.2. The van der Waals surface area contributed by atoms with Crippen molar-refractivity contribution in [3.05, 3.63) is 52.1 Å². The van der Waals surface area contributed by atoms with Crippen molar-refractivity contribution in [2.45, 2.75) is 24.9 Å². The summed E-state index contributed by atoms with van der Waals surface area (Å²) in [6.45, 7) is 0.707. The zero-order valence-electron chi connectivity index (χ0n) is 11.3. The maximum atomic E-state index is 5.01. The van der Waals surface area contributed by atoms with Gasteiger partial charge in [-0.3, -0.25) is 0 Å². The fourth-order valence-electron chi connectivity index (χ4n) is 2.33. The van der Waals surface area contributed by atoms with Gasteiger partial charge in [0.1, 0.15) is 0 Å². The average molecular weight is 334 g/mol. The molecule has 0 atom stereocenters. The van der Waals surface area contributed by atoms with Crippen molar-refractivity contribution in [1.82, 2.24) is 15.5 Å². The number of nitrogens with one attached hydrogen (secondary N) is 1. The molecule has 0 amide bonds. The summed E-state index contributed by atoms with van der Waals surface area (Å²) in [5.41, 5.74) is 2.33. The van der Waals surface area contributed by atoms with Gasteiger partial charge in [-0.1, -0.05) is 34.1 Å². The highest BCUT2D eigenvalue weighted by atomic mass is 79.9. The second kappa shape index (κ2) is 5.50. The van der Waals surface area contributed by atoms with Gasteiger partial charge in [-0.2, -0.15) is 5.10 Å². The number of ether oxygens (including phenoxy) is 1. The van der Waals surface area contributed by atoms with E-state index < -0.39 is 0 Å². The van der Waals surface area contributed by atoms with Gasteiger partial charge in [-0.15, -0.1) is 5.10 Å². The molecule has 0 saturated heterocycles. The Labute approximate surface area is 126 Å². The van der Waals surface area contributed by atoms with Crippen LogP contribution in [0.4, 0.5) is 0 Å². The number of methoxy groups -OCH3 is 1. The predicted octanol–water partition coefficient (Wildman–Crippen LogP) is 3.03. The van der Waals surface area contributed by atoms with Gasteiger partial charge in [0, 0.05) is 22.6 Å². The number of nitrogens with zero attached hydrogens (tertiary/aromatic N) is 2. The van der Waals surface area contributed by atoms with Crippen molar-refractivity contribution < 1.29 is 4.74 Å². The van der Waals surface area contributed by atoms with Crippen LogP contribution in [0.25, 0.3) is 0 Å². The van der Waals surface area contributed by atoms with Gasteiger partial charge in [0.05, 0.1) is 12.8 Å². The maximum absolute atomic E-state index is 5.01. The van der Waals surface area contributed by atoms with Crippen LogP contribution in [0.15, 0.2) is 40.9 Å². The van der Waals surface area contributed by atoms with Crippen molar-refractivity contribution in [2.75, 3.05) is 7.11 Å². The van der Waals surface area contributed by atoms with E-state index in [2.05, 4.69) is 49.6 Å². The molecule has 0 unspecified atom stereocenters. The number of aromatic nitrogens is 2. The van der Waals surface area contributed by atoms with Gasteiger partial charge in [0.25, 0.3) is 0 Å². The molecule has 0 bridgehead atoms. The number of halogens is 1. The molecule has 1 saturated carbocycles. The second-order valence-electron chi connectivity index (χ2n) is 4.98. The van der Waals surface area contributed by atoms with Crippen LogP contribution in [-0.2, 0) is 12.1 Å². The lowest BCUT2D eigenvalue weighted by Crippen LogP contribution is -2.29. The van der Waals surface area contributed by atoms with E-state index in [0.29, 0.717) is 12.4 Å². The highest BCUT2D eigenvalue weighted by Gasteiger charge is 2.44. The first-order valence-electron chi connectivity index (χ1n) is 6.60. The normalized spacial score (nSPS) is 15.9. The van der Waals surface area contributed by atoms with Crippen molar-refractivity contribution in [3.63, 3.8) is 0 Å². The van der Waals surface area contributed by atoms with E-state index >= 15 is 0 Å². The van der Waals surface area contributed by atoms with Crippen molar-refractivity contribution in [3.8, 4) is 5.88 Å². The lowest BCUT2D eigenvalue weighted by molar-refractivity contribution is 0.390. The Bertz CT molecular complexity index is 596. The van der Waals surface area contributed by atoms with Crippen LogP contribution >= 0.6 is 15.9 Å². The van der Waals surface area contributed by atoms with Crippen LogP contribution in [0.5, 0.6) is 5.88 Å². The van der Waals surface area contributed by atoms with Crippen molar-refractivity contribution in [1.29, 1.82) is 0 Å². The summed E-state index contributed by atoms with van der Waals surface area (Å²) in [5, 5.41) is 11.7. The number of rotatable bonds is 5. The maximum Gasteiger partial charge on any atom is 0.233 e. The first kappa shape index (κ1) is 13.5. The molecule has 5 heteroatoms. The zero-order chi connectivity index (χ0) is 14.0. The smallest absolute Gasteiger partial charge is 0.233 e. The highest BCUT2D eigenvalue weighted by molar-refractivity contribution is 9.10. The molecule has 1 N–H and O–H groups in total. The minimum Gasteiger partial charge on any atom is -0.480 e. The lowest BCUT2D eigenvalue weighted by atomic mass is 10.1. The highest BCUT2D eigenvalue weighted by Crippen LogP contribution is 2.48. The van der Waals surface area contributed by atoms with E-state index in [9.17, 15) is 0 Å². The van der Waals surface area contributed by atoms with E-state index in [-0.39, 0.29) is 5.54 Å². The molecule has 1 aromatic carbocycles. The zero-order valence-corrected chi connectivity index (χ0v) is 12.9. The predicted molar refractivity (Wildman–Crippen MR) is 80.5 cm³/mol. The third kappa shape index (κ3) is 2.69. The minimum absolute atomic E-state index is 0.0850. The summed E-state index contributed by atoms with van der Waals surface area (Å²) in [7, 11) is 1.59. The van der Waals surface area contributed by atoms with Gasteiger partial charge in [-0.25, -0.2) is 0 Å². The van der Waals surface area contributed by atoms with E-state index in [0.717, 1.165) is 23.0 Å². The molecular weight excluding hydrogens is 318 g/mol. The Morgan fingerprint density at radius 2 is 2.00 bits per heavy atom. The molecule has 104 valence electrons. The van der Waals surface area contributed by atoms with Crippen LogP contribution in [0.2, 0.25) is 0 Å². The Morgan fingerprint density at radius 1 is 1.20 bits per heavy atom. The third-order valence-corrected chi connectivity index (χ3v) is 4.34. The van der Waals surface area contributed by atoms with Gasteiger partial charge in [0.2, 0.25) is 5.88 Å². The van der Waals surface area contributed by atoms with Crippen LogP contribution < -0.4 is 10.1 Å². The quantitative estimate of drug-likeness (QED) is 0.913. The summed E-state index contributed by atoms with van der Waals surface area (Å²) in [5.74, 6) is 0.542. The fourth-order valence-corrected chi connectivity index (χ4v) is 2.99. The van der Waals surface area contributed by atoms with E-state index in [1.54, 1.807) is 7.11 Å². The number of hydrogen-bond donors (Lipinski definition) is 1. The molecule has 1 aromatic heterocycles. The fraction of sp³-hybridized carbons (Fsp3) is 0.333. The molecule has 0 spiro atoms. The van der Waals surface area contributed by atoms with Gasteiger partial charge in [-0.05, 0) is 30.5 Å². The summed E-state index contributed by atoms with van der Waals surface area (Å²) in [6.07, 6.45) is 2.30. The topological polar surface area (TPSA) is 47.0 Å². The molecule has 0 aliphatic heterocycles. The lowest BCUT2D eigenvalue weighted by Gasteiger charge is -2.19. The molecule has 20 heavy (non-hydrogen) atoms.